The molecule has 1 N–H and O–H groups in total. The molecule has 0 aromatic carbocycles. The van der Waals surface area contributed by atoms with Crippen molar-refractivity contribution in [3.05, 3.63) is 0 Å². The second-order valence-corrected chi connectivity index (χ2v) is 2.94. The molecule has 0 rings (SSSR count). The minimum absolute atomic E-state index is 0.511. The number of ether oxygens (including phenoxy) is 2. The summed E-state index contributed by atoms with van der Waals surface area (Å²) >= 11 is 0. The van der Waals surface area contributed by atoms with Crippen LogP contribution in [-0.4, -0.2) is 30.7 Å². The van der Waals surface area contributed by atoms with Crippen LogP contribution in [0.2, 0.25) is 0 Å². The molecule has 0 heterocycles. The van der Waals surface area contributed by atoms with Gasteiger partial charge in [0.15, 0.2) is 6.29 Å². The lowest BCUT2D eigenvalue weighted by Gasteiger charge is -2.22. The fourth-order valence-corrected chi connectivity index (χ4v) is 1.15. The molecular weight excluding hydrogens is 180 g/mol. The second-order valence-electron chi connectivity index (χ2n) is 2.94. The highest BCUT2D eigenvalue weighted by molar-refractivity contribution is 4.83. The summed E-state index contributed by atoms with van der Waals surface area (Å²) in [6.07, 6.45) is 6.12. The highest BCUT2D eigenvalue weighted by atomic mass is 16.7. The Labute approximate surface area is 86.4 Å². The number of terminal acetylenes is 1. The summed E-state index contributed by atoms with van der Waals surface area (Å²) in [5.41, 5.74) is 0. The minimum Gasteiger partial charge on any atom is -0.388 e. The van der Waals surface area contributed by atoms with Crippen LogP contribution in [0.3, 0.4) is 0 Å². The van der Waals surface area contributed by atoms with Crippen LogP contribution in [0.4, 0.5) is 0 Å². The summed E-state index contributed by atoms with van der Waals surface area (Å²) in [5, 5.41) is 9.68. The van der Waals surface area contributed by atoms with Gasteiger partial charge in [0.2, 0.25) is 0 Å². The molecule has 1 atom stereocenters. The van der Waals surface area contributed by atoms with Crippen molar-refractivity contribution < 1.29 is 14.6 Å². The van der Waals surface area contributed by atoms with Gasteiger partial charge in [0.05, 0.1) is 0 Å². The molecule has 0 saturated carbocycles. The normalized spacial score (nSPS) is 12.8. The lowest BCUT2D eigenvalue weighted by atomic mass is 10.1. The van der Waals surface area contributed by atoms with Crippen LogP contribution in [-0.2, 0) is 9.47 Å². The van der Waals surface area contributed by atoms with Gasteiger partial charge in [-0.3, -0.25) is 0 Å². The van der Waals surface area contributed by atoms with Crippen LogP contribution in [0.5, 0.6) is 0 Å². The van der Waals surface area contributed by atoms with E-state index in [9.17, 15) is 5.11 Å². The van der Waals surface area contributed by atoms with Crippen molar-refractivity contribution in [2.24, 2.45) is 0 Å². The molecular formula is C11H20O3. The Balaban J connectivity index is 3.76. The lowest BCUT2D eigenvalue weighted by Crippen LogP contribution is -2.31. The quantitative estimate of drug-likeness (QED) is 0.367. The molecule has 0 radical (unpaired) electrons. The number of hydrogen-bond donors (Lipinski definition) is 1. The van der Waals surface area contributed by atoms with Crippen molar-refractivity contribution in [2.75, 3.05) is 13.2 Å². The van der Waals surface area contributed by atoms with Gasteiger partial charge in [0.1, 0.15) is 6.10 Å². The molecule has 3 heteroatoms. The lowest BCUT2D eigenvalue weighted by molar-refractivity contribution is -0.190. The number of rotatable bonds is 8. The van der Waals surface area contributed by atoms with Gasteiger partial charge in [-0.1, -0.05) is 0 Å². The highest BCUT2D eigenvalue weighted by Gasteiger charge is 2.18. The Hall–Kier alpha value is -0.560. The van der Waals surface area contributed by atoms with Crippen LogP contribution < -0.4 is 0 Å². The number of aliphatic hydroxyl groups excluding tert-OH is 1. The van der Waals surface area contributed by atoms with Gasteiger partial charge in [0.25, 0.3) is 0 Å². The minimum atomic E-state index is -0.580. The van der Waals surface area contributed by atoms with Crippen molar-refractivity contribution >= 4 is 0 Å². The Bertz CT molecular complexity index is 156. The van der Waals surface area contributed by atoms with E-state index in [1.54, 1.807) is 0 Å². The summed E-state index contributed by atoms with van der Waals surface area (Å²) in [5.74, 6) is 2.53. The van der Waals surface area contributed by atoms with Gasteiger partial charge in [-0.05, 0) is 26.7 Å². The van der Waals surface area contributed by atoms with E-state index in [0.717, 1.165) is 6.42 Å². The smallest absolute Gasteiger partial charge is 0.183 e. The number of unbranched alkanes of at least 4 members (excludes halogenated alkanes) is 1. The molecule has 0 aliphatic carbocycles. The van der Waals surface area contributed by atoms with Gasteiger partial charge < -0.3 is 14.6 Å². The summed E-state index contributed by atoms with van der Waals surface area (Å²) in [4.78, 5) is 0. The van der Waals surface area contributed by atoms with Gasteiger partial charge in [0, 0.05) is 19.6 Å². The van der Waals surface area contributed by atoms with Crippen molar-refractivity contribution in [2.45, 2.75) is 45.5 Å². The fourth-order valence-electron chi connectivity index (χ4n) is 1.15. The molecule has 0 amide bonds. The molecule has 0 bridgehead atoms. The fraction of sp³-hybridized carbons (Fsp3) is 0.818. The van der Waals surface area contributed by atoms with Gasteiger partial charge in [-0.15, -0.1) is 12.3 Å². The Morgan fingerprint density at radius 3 is 2.29 bits per heavy atom. The van der Waals surface area contributed by atoms with Gasteiger partial charge in [-0.2, -0.15) is 0 Å². The van der Waals surface area contributed by atoms with Crippen LogP contribution in [0.15, 0.2) is 0 Å². The first-order chi connectivity index (χ1) is 6.76. The highest BCUT2D eigenvalue weighted by Crippen LogP contribution is 2.09. The maximum Gasteiger partial charge on any atom is 0.183 e. The monoisotopic (exact) mass is 200 g/mol. The van der Waals surface area contributed by atoms with Crippen LogP contribution in [0.1, 0.15) is 33.1 Å². The largest absolute Gasteiger partial charge is 0.388 e. The molecule has 0 aromatic heterocycles. The summed E-state index contributed by atoms with van der Waals surface area (Å²) < 4.78 is 10.5. The van der Waals surface area contributed by atoms with Crippen molar-refractivity contribution in [3.63, 3.8) is 0 Å². The van der Waals surface area contributed by atoms with Crippen LogP contribution in [0, 0.1) is 12.3 Å². The topological polar surface area (TPSA) is 38.7 Å². The molecule has 0 fully saturated rings. The molecule has 0 spiro atoms. The molecule has 0 aromatic rings. The van der Waals surface area contributed by atoms with E-state index in [0.29, 0.717) is 26.1 Å². The second kappa shape index (κ2) is 9.01. The van der Waals surface area contributed by atoms with E-state index < -0.39 is 12.4 Å². The number of aliphatic hydroxyl groups is 1. The summed E-state index contributed by atoms with van der Waals surface area (Å²) in [7, 11) is 0. The SMILES string of the molecule is C#CCCCC(O)C(OCC)OCC. The zero-order valence-electron chi connectivity index (χ0n) is 9.03. The first kappa shape index (κ1) is 13.4. The molecule has 82 valence electrons. The van der Waals surface area contributed by atoms with Crippen molar-refractivity contribution in [1.82, 2.24) is 0 Å². The first-order valence-corrected chi connectivity index (χ1v) is 5.10. The van der Waals surface area contributed by atoms with E-state index in [4.69, 9.17) is 15.9 Å². The molecule has 1 unspecified atom stereocenters. The van der Waals surface area contributed by atoms with Crippen molar-refractivity contribution in [1.29, 1.82) is 0 Å². The molecule has 3 nitrogen and oxygen atoms in total. The Morgan fingerprint density at radius 1 is 1.29 bits per heavy atom. The van der Waals surface area contributed by atoms with Crippen molar-refractivity contribution in [3.8, 4) is 12.3 Å². The van der Waals surface area contributed by atoms with Gasteiger partial charge >= 0.3 is 0 Å². The van der Waals surface area contributed by atoms with E-state index >= 15 is 0 Å². The van der Waals surface area contributed by atoms with Crippen LogP contribution >= 0.6 is 0 Å². The summed E-state index contributed by atoms with van der Waals surface area (Å²) in [6.45, 7) is 4.83. The molecule has 14 heavy (non-hydrogen) atoms. The zero-order chi connectivity index (χ0) is 10.8. The third-order valence-corrected chi connectivity index (χ3v) is 1.80. The third kappa shape index (κ3) is 5.98. The van der Waals surface area contributed by atoms with Gasteiger partial charge in [-0.25, -0.2) is 0 Å². The predicted molar refractivity (Wildman–Crippen MR) is 55.7 cm³/mol. The third-order valence-electron chi connectivity index (χ3n) is 1.80. The standard InChI is InChI=1S/C11H20O3/c1-4-7-8-9-10(12)11(13-5-2)14-6-3/h1,10-12H,5-9H2,2-3H3. The van der Waals surface area contributed by atoms with E-state index in [1.165, 1.54) is 0 Å². The maximum absolute atomic E-state index is 9.68. The van der Waals surface area contributed by atoms with E-state index in [-0.39, 0.29) is 0 Å². The van der Waals surface area contributed by atoms with E-state index in [2.05, 4.69) is 5.92 Å². The maximum atomic E-state index is 9.68. The molecule has 0 aliphatic heterocycles. The zero-order valence-corrected chi connectivity index (χ0v) is 9.03. The Morgan fingerprint density at radius 2 is 1.86 bits per heavy atom. The van der Waals surface area contributed by atoms with Crippen LogP contribution in [0.25, 0.3) is 0 Å². The Kier molecular flexibility index (Phi) is 8.65. The number of hydrogen-bond acceptors (Lipinski definition) is 3. The average molecular weight is 200 g/mol. The predicted octanol–water partition coefficient (Wildman–Crippen LogP) is 1.55. The summed E-state index contributed by atoms with van der Waals surface area (Å²) in [6, 6.07) is 0. The first-order valence-electron chi connectivity index (χ1n) is 5.10. The molecule has 0 aliphatic rings. The average Bonchev–Trinajstić information content (AvgIpc) is 2.18. The molecule has 0 saturated heterocycles. The van der Waals surface area contributed by atoms with E-state index in [1.807, 2.05) is 13.8 Å².